The zero-order chi connectivity index (χ0) is 19.0. The lowest BCUT2D eigenvalue weighted by Crippen LogP contribution is -2.11. The van der Waals surface area contributed by atoms with Crippen molar-refractivity contribution in [1.29, 1.82) is 5.26 Å². The molecule has 4 rings (SSSR count). The molecule has 0 bridgehead atoms. The van der Waals surface area contributed by atoms with Gasteiger partial charge >= 0.3 is 5.97 Å². The lowest BCUT2D eigenvalue weighted by molar-refractivity contribution is 0.0593. The largest absolute Gasteiger partial charge is 0.464 e. The SMILES string of the molecule is COC(=O)c1c(N)c(C#N)cn1-c1ccc(-c2nc3ccccc3o2)cc1. The second-order valence-electron chi connectivity index (χ2n) is 5.81. The topological polar surface area (TPSA) is 107 Å². The van der Waals surface area contributed by atoms with E-state index in [0.29, 0.717) is 17.2 Å². The van der Waals surface area contributed by atoms with E-state index in [1.807, 2.05) is 42.5 Å². The number of fused-ring (bicyclic) bond motifs is 1. The van der Waals surface area contributed by atoms with Crippen LogP contribution in [0.5, 0.6) is 0 Å². The van der Waals surface area contributed by atoms with Gasteiger partial charge in [0.25, 0.3) is 0 Å². The van der Waals surface area contributed by atoms with Crippen LogP contribution < -0.4 is 5.73 Å². The number of para-hydroxylation sites is 2. The third-order valence-corrected chi connectivity index (χ3v) is 4.23. The fraction of sp³-hybridized carbons (Fsp3) is 0.0500. The number of methoxy groups -OCH3 is 1. The smallest absolute Gasteiger partial charge is 0.357 e. The summed E-state index contributed by atoms with van der Waals surface area (Å²) < 4.78 is 12.1. The van der Waals surface area contributed by atoms with Crippen molar-refractivity contribution < 1.29 is 13.9 Å². The van der Waals surface area contributed by atoms with Crippen LogP contribution in [0.2, 0.25) is 0 Å². The molecule has 0 fully saturated rings. The van der Waals surface area contributed by atoms with Crippen LogP contribution in [0, 0.1) is 11.3 Å². The minimum absolute atomic E-state index is 0.0902. The van der Waals surface area contributed by atoms with Gasteiger partial charge < -0.3 is 19.5 Å². The Bertz CT molecular complexity index is 1160. The number of nitrogen functional groups attached to an aromatic ring is 1. The fourth-order valence-corrected chi connectivity index (χ4v) is 2.88. The Hall–Kier alpha value is -4.05. The van der Waals surface area contributed by atoms with Crippen molar-refractivity contribution >= 4 is 22.8 Å². The Morgan fingerprint density at radius 3 is 2.63 bits per heavy atom. The number of nitrogens with two attached hydrogens (primary N) is 1. The van der Waals surface area contributed by atoms with Gasteiger partial charge in [-0.3, -0.25) is 0 Å². The van der Waals surface area contributed by atoms with Crippen molar-refractivity contribution in [3.8, 4) is 23.2 Å². The summed E-state index contributed by atoms with van der Waals surface area (Å²) in [6, 6.07) is 16.7. The monoisotopic (exact) mass is 358 g/mol. The number of aromatic nitrogens is 2. The number of hydrogen-bond donors (Lipinski definition) is 1. The maximum absolute atomic E-state index is 12.1. The summed E-state index contributed by atoms with van der Waals surface area (Å²) in [4.78, 5) is 16.6. The Morgan fingerprint density at radius 2 is 1.96 bits per heavy atom. The summed E-state index contributed by atoms with van der Waals surface area (Å²) in [5, 5.41) is 9.20. The van der Waals surface area contributed by atoms with Gasteiger partial charge in [0.2, 0.25) is 5.89 Å². The second-order valence-corrected chi connectivity index (χ2v) is 5.81. The highest BCUT2D eigenvalue weighted by atomic mass is 16.5. The van der Waals surface area contributed by atoms with E-state index in [2.05, 4.69) is 4.98 Å². The summed E-state index contributed by atoms with van der Waals surface area (Å²) >= 11 is 0. The molecule has 2 heterocycles. The molecule has 0 aliphatic heterocycles. The van der Waals surface area contributed by atoms with Crippen LogP contribution in [0.4, 0.5) is 5.69 Å². The maximum atomic E-state index is 12.1. The molecule has 0 spiro atoms. The van der Waals surface area contributed by atoms with Crippen molar-refractivity contribution in [2.75, 3.05) is 12.8 Å². The normalized spacial score (nSPS) is 10.7. The van der Waals surface area contributed by atoms with Crippen LogP contribution in [0.3, 0.4) is 0 Å². The molecule has 132 valence electrons. The van der Waals surface area contributed by atoms with E-state index in [0.717, 1.165) is 11.1 Å². The van der Waals surface area contributed by atoms with Crippen LogP contribution in [-0.2, 0) is 4.74 Å². The summed E-state index contributed by atoms with van der Waals surface area (Å²) in [5.41, 5.74) is 9.27. The Kier molecular flexibility index (Phi) is 3.86. The second kappa shape index (κ2) is 6.35. The predicted molar refractivity (Wildman–Crippen MR) is 99.2 cm³/mol. The van der Waals surface area contributed by atoms with E-state index in [-0.39, 0.29) is 16.9 Å². The highest BCUT2D eigenvalue weighted by Gasteiger charge is 2.21. The van der Waals surface area contributed by atoms with Crippen molar-refractivity contribution in [3.05, 3.63) is 66.0 Å². The molecular formula is C20H14N4O3. The zero-order valence-corrected chi connectivity index (χ0v) is 14.3. The molecule has 0 radical (unpaired) electrons. The number of carbonyl (C=O) groups is 1. The van der Waals surface area contributed by atoms with Gasteiger partial charge in [0.05, 0.1) is 18.4 Å². The third kappa shape index (κ3) is 2.69. The van der Waals surface area contributed by atoms with Crippen LogP contribution in [0.1, 0.15) is 16.1 Å². The number of esters is 1. The fourth-order valence-electron chi connectivity index (χ4n) is 2.88. The number of oxazole rings is 1. The molecule has 0 aliphatic rings. The van der Waals surface area contributed by atoms with E-state index in [1.165, 1.54) is 17.9 Å². The summed E-state index contributed by atoms with van der Waals surface area (Å²) in [6.45, 7) is 0. The molecule has 2 aromatic carbocycles. The predicted octanol–water partition coefficient (Wildman–Crippen LogP) is 3.53. The first kappa shape index (κ1) is 16.4. The van der Waals surface area contributed by atoms with Crippen LogP contribution in [-0.4, -0.2) is 22.6 Å². The first-order valence-electron chi connectivity index (χ1n) is 8.08. The minimum Gasteiger partial charge on any atom is -0.464 e. The van der Waals surface area contributed by atoms with Crippen molar-refractivity contribution in [2.45, 2.75) is 0 Å². The molecule has 0 saturated carbocycles. The number of hydrogen-bond acceptors (Lipinski definition) is 6. The van der Waals surface area contributed by atoms with Crippen LogP contribution in [0.15, 0.2) is 59.1 Å². The molecule has 0 atom stereocenters. The average Bonchev–Trinajstić information content (AvgIpc) is 3.28. The number of nitrogens with zero attached hydrogens (tertiary/aromatic N) is 3. The number of ether oxygens (including phenoxy) is 1. The lowest BCUT2D eigenvalue weighted by atomic mass is 10.2. The molecule has 0 unspecified atom stereocenters. The molecule has 7 nitrogen and oxygen atoms in total. The molecular weight excluding hydrogens is 344 g/mol. The van der Waals surface area contributed by atoms with Crippen molar-refractivity contribution in [3.63, 3.8) is 0 Å². The molecule has 0 saturated heterocycles. The highest BCUT2D eigenvalue weighted by molar-refractivity contribution is 5.96. The number of nitriles is 1. The summed E-state index contributed by atoms with van der Waals surface area (Å²) in [7, 11) is 1.27. The molecule has 4 aromatic rings. The molecule has 2 N–H and O–H groups in total. The van der Waals surface area contributed by atoms with Gasteiger partial charge in [-0.2, -0.15) is 5.26 Å². The summed E-state index contributed by atoms with van der Waals surface area (Å²) in [6.07, 6.45) is 1.51. The van der Waals surface area contributed by atoms with Gasteiger partial charge in [-0.1, -0.05) is 12.1 Å². The third-order valence-electron chi connectivity index (χ3n) is 4.23. The maximum Gasteiger partial charge on any atom is 0.357 e. The van der Waals surface area contributed by atoms with Gasteiger partial charge in [0.1, 0.15) is 11.6 Å². The Balaban J connectivity index is 1.77. The van der Waals surface area contributed by atoms with Crippen LogP contribution >= 0.6 is 0 Å². The van der Waals surface area contributed by atoms with Gasteiger partial charge in [-0.15, -0.1) is 0 Å². The van der Waals surface area contributed by atoms with Gasteiger partial charge in [-0.05, 0) is 36.4 Å². The Labute approximate surface area is 154 Å². The van der Waals surface area contributed by atoms with Gasteiger partial charge in [0, 0.05) is 17.4 Å². The number of carbonyl (C=O) groups excluding carboxylic acids is 1. The molecule has 0 amide bonds. The van der Waals surface area contributed by atoms with Crippen molar-refractivity contribution in [2.24, 2.45) is 0 Å². The van der Waals surface area contributed by atoms with E-state index < -0.39 is 5.97 Å². The lowest BCUT2D eigenvalue weighted by Gasteiger charge is -2.08. The first-order chi connectivity index (χ1) is 13.1. The number of benzene rings is 2. The van der Waals surface area contributed by atoms with E-state index in [9.17, 15) is 10.1 Å². The molecule has 0 aliphatic carbocycles. The Morgan fingerprint density at radius 1 is 1.22 bits per heavy atom. The first-order valence-corrected chi connectivity index (χ1v) is 8.08. The molecule has 7 heteroatoms. The van der Waals surface area contributed by atoms with Crippen LogP contribution in [0.25, 0.3) is 28.2 Å². The van der Waals surface area contributed by atoms with E-state index >= 15 is 0 Å². The average molecular weight is 358 g/mol. The zero-order valence-electron chi connectivity index (χ0n) is 14.3. The number of rotatable bonds is 3. The van der Waals surface area contributed by atoms with E-state index in [1.54, 1.807) is 12.1 Å². The van der Waals surface area contributed by atoms with Gasteiger partial charge in [0.15, 0.2) is 11.3 Å². The highest BCUT2D eigenvalue weighted by Crippen LogP contribution is 2.28. The number of anilines is 1. The van der Waals surface area contributed by atoms with Crippen molar-refractivity contribution in [1.82, 2.24) is 9.55 Å². The van der Waals surface area contributed by atoms with E-state index in [4.69, 9.17) is 14.9 Å². The van der Waals surface area contributed by atoms with Gasteiger partial charge in [-0.25, -0.2) is 9.78 Å². The standard InChI is InChI=1S/C20H14N4O3/c1-26-20(25)18-17(22)13(10-21)11-24(18)14-8-6-12(7-9-14)19-23-15-4-2-3-5-16(15)27-19/h2-9,11H,22H2,1H3. The quantitative estimate of drug-likeness (QED) is 0.561. The molecule has 27 heavy (non-hydrogen) atoms. The minimum atomic E-state index is -0.614. The summed E-state index contributed by atoms with van der Waals surface area (Å²) in [5.74, 6) is -0.113. The molecule has 2 aromatic heterocycles.